The number of nitrogens with zero attached hydrogens (tertiary/aromatic N) is 3. The molecule has 2 saturated heterocycles. The zero-order valence-corrected chi connectivity index (χ0v) is 23.4. The van der Waals surface area contributed by atoms with E-state index in [0.717, 1.165) is 0 Å². The summed E-state index contributed by atoms with van der Waals surface area (Å²) >= 11 is 6.20. The molecule has 0 radical (unpaired) electrons. The number of halogens is 1. The zero-order chi connectivity index (χ0) is 27.3. The molecule has 14 heteroatoms. The van der Waals surface area contributed by atoms with Crippen molar-refractivity contribution < 1.29 is 31.1 Å². The van der Waals surface area contributed by atoms with E-state index < -0.39 is 26.0 Å². The van der Waals surface area contributed by atoms with Crippen molar-refractivity contribution in [3.8, 4) is 5.75 Å². The van der Waals surface area contributed by atoms with Crippen LogP contribution >= 0.6 is 11.6 Å². The van der Waals surface area contributed by atoms with Gasteiger partial charge in [-0.05, 0) is 49.5 Å². The van der Waals surface area contributed by atoms with E-state index in [1.165, 1.54) is 38.9 Å². The highest BCUT2D eigenvalue weighted by Crippen LogP contribution is 2.24. The van der Waals surface area contributed by atoms with Gasteiger partial charge in [0.2, 0.25) is 20.0 Å². The Bertz CT molecular complexity index is 1340. The highest BCUT2D eigenvalue weighted by atomic mass is 35.5. The van der Waals surface area contributed by atoms with Crippen LogP contribution in [0.4, 0.5) is 0 Å². The second-order valence-corrected chi connectivity index (χ2v) is 13.2. The van der Waals surface area contributed by atoms with Gasteiger partial charge in [-0.25, -0.2) is 16.8 Å². The molecule has 11 nitrogen and oxygen atoms in total. The van der Waals surface area contributed by atoms with Crippen LogP contribution in [0, 0.1) is 0 Å². The van der Waals surface area contributed by atoms with Gasteiger partial charge in [0.05, 0.1) is 40.1 Å². The topological polar surface area (TPSA) is 126 Å². The van der Waals surface area contributed by atoms with E-state index in [1.54, 1.807) is 12.1 Å². The highest BCUT2D eigenvalue weighted by molar-refractivity contribution is 7.89. The van der Waals surface area contributed by atoms with Gasteiger partial charge in [-0.15, -0.1) is 0 Å². The fourth-order valence-corrected chi connectivity index (χ4v) is 7.15. The first kappa shape index (κ1) is 28.7. The SMILES string of the molecule is CN1CCN(S(=O)(=O)c2ccc(Cl)c(C(=O)NCCOc3ccc(S(=O)(=O)N4CCOCC4)cc3)c2)CC1. The van der Waals surface area contributed by atoms with Gasteiger partial charge in [0, 0.05) is 39.3 Å². The van der Waals surface area contributed by atoms with Gasteiger partial charge < -0.3 is 19.7 Å². The van der Waals surface area contributed by atoms with Crippen LogP contribution in [0.5, 0.6) is 5.75 Å². The zero-order valence-electron chi connectivity index (χ0n) is 21.0. The Morgan fingerprint density at radius 3 is 2.13 bits per heavy atom. The van der Waals surface area contributed by atoms with Crippen LogP contribution in [-0.4, -0.2) is 109 Å². The molecule has 2 fully saturated rings. The molecule has 4 rings (SSSR count). The van der Waals surface area contributed by atoms with Crippen molar-refractivity contribution in [2.45, 2.75) is 9.79 Å². The predicted molar refractivity (Wildman–Crippen MR) is 142 cm³/mol. The number of hydrogen-bond acceptors (Lipinski definition) is 8. The van der Waals surface area contributed by atoms with Gasteiger partial charge in [0.25, 0.3) is 5.91 Å². The first-order chi connectivity index (χ1) is 18.1. The molecule has 0 unspecified atom stereocenters. The third kappa shape index (κ3) is 6.65. The first-order valence-electron chi connectivity index (χ1n) is 12.2. The number of benzene rings is 2. The number of sulfonamides is 2. The third-order valence-electron chi connectivity index (χ3n) is 6.37. The van der Waals surface area contributed by atoms with Gasteiger partial charge in [-0.3, -0.25) is 4.79 Å². The minimum absolute atomic E-state index is 0.0139. The number of piperazine rings is 1. The fraction of sp³-hybridized carbons (Fsp3) is 0.458. The summed E-state index contributed by atoms with van der Waals surface area (Å²) in [6.07, 6.45) is 0. The number of amides is 1. The Balaban J connectivity index is 1.31. The largest absolute Gasteiger partial charge is 0.492 e. The molecular formula is C24H31ClN4O7S2. The van der Waals surface area contributed by atoms with Crippen LogP contribution in [0.3, 0.4) is 0 Å². The number of hydrogen-bond donors (Lipinski definition) is 1. The normalized spacial score (nSPS) is 18.3. The quantitative estimate of drug-likeness (QED) is 0.433. The molecule has 2 aromatic rings. The van der Waals surface area contributed by atoms with Crippen LogP contribution in [-0.2, 0) is 24.8 Å². The molecule has 2 heterocycles. The van der Waals surface area contributed by atoms with Crippen molar-refractivity contribution in [3.63, 3.8) is 0 Å². The van der Waals surface area contributed by atoms with Crippen molar-refractivity contribution in [1.29, 1.82) is 0 Å². The molecule has 0 bridgehead atoms. The summed E-state index contributed by atoms with van der Waals surface area (Å²) in [5, 5.41) is 2.81. The van der Waals surface area contributed by atoms with Crippen molar-refractivity contribution in [2.24, 2.45) is 0 Å². The molecule has 0 atom stereocenters. The Hall–Kier alpha value is -2.26. The molecule has 2 aliphatic rings. The molecule has 2 aliphatic heterocycles. The van der Waals surface area contributed by atoms with Crippen molar-refractivity contribution in [3.05, 3.63) is 53.1 Å². The maximum absolute atomic E-state index is 13.0. The summed E-state index contributed by atoms with van der Waals surface area (Å²) in [6.45, 7) is 3.61. The summed E-state index contributed by atoms with van der Waals surface area (Å²) in [5.74, 6) is -0.0838. The van der Waals surface area contributed by atoms with E-state index >= 15 is 0 Å². The molecule has 1 N–H and O–H groups in total. The Morgan fingerprint density at radius 1 is 0.895 bits per heavy atom. The predicted octanol–water partition coefficient (Wildman–Crippen LogP) is 1.11. The fourth-order valence-electron chi connectivity index (χ4n) is 4.09. The number of carbonyl (C=O) groups is 1. The molecule has 0 saturated carbocycles. The summed E-state index contributed by atoms with van der Waals surface area (Å²) in [4.78, 5) is 15.0. The minimum atomic E-state index is -3.75. The van der Waals surface area contributed by atoms with E-state index in [4.69, 9.17) is 21.1 Å². The minimum Gasteiger partial charge on any atom is -0.492 e. The number of morpholine rings is 1. The molecule has 208 valence electrons. The van der Waals surface area contributed by atoms with E-state index in [-0.39, 0.29) is 33.5 Å². The van der Waals surface area contributed by atoms with Crippen molar-refractivity contribution in [1.82, 2.24) is 18.8 Å². The van der Waals surface area contributed by atoms with E-state index in [9.17, 15) is 21.6 Å². The maximum Gasteiger partial charge on any atom is 0.252 e. The van der Waals surface area contributed by atoms with E-state index in [2.05, 4.69) is 10.2 Å². The number of carbonyl (C=O) groups excluding carboxylic acids is 1. The molecule has 0 aliphatic carbocycles. The number of ether oxygens (including phenoxy) is 2. The summed E-state index contributed by atoms with van der Waals surface area (Å²) < 4.78 is 65.1. The second kappa shape index (κ2) is 12.3. The van der Waals surface area contributed by atoms with Crippen LogP contribution in [0.15, 0.2) is 52.3 Å². The van der Waals surface area contributed by atoms with Gasteiger partial charge in [-0.1, -0.05) is 11.6 Å². The average molecular weight is 587 g/mol. The smallest absolute Gasteiger partial charge is 0.252 e. The van der Waals surface area contributed by atoms with Gasteiger partial charge in [0.1, 0.15) is 12.4 Å². The van der Waals surface area contributed by atoms with Gasteiger partial charge >= 0.3 is 0 Å². The lowest BCUT2D eigenvalue weighted by Gasteiger charge is -2.31. The lowest BCUT2D eigenvalue weighted by atomic mass is 10.2. The maximum atomic E-state index is 13.0. The number of likely N-dealkylation sites (N-methyl/N-ethyl adjacent to an activating group) is 1. The number of rotatable bonds is 9. The van der Waals surface area contributed by atoms with Crippen molar-refractivity contribution >= 4 is 37.6 Å². The highest BCUT2D eigenvalue weighted by Gasteiger charge is 2.29. The van der Waals surface area contributed by atoms with Crippen molar-refractivity contribution in [2.75, 3.05) is 72.7 Å². The molecule has 2 aromatic carbocycles. The molecular weight excluding hydrogens is 556 g/mol. The monoisotopic (exact) mass is 586 g/mol. The molecule has 38 heavy (non-hydrogen) atoms. The number of nitrogens with one attached hydrogen (secondary N) is 1. The van der Waals surface area contributed by atoms with Crippen LogP contribution < -0.4 is 10.1 Å². The average Bonchev–Trinajstić information content (AvgIpc) is 2.92. The third-order valence-corrected chi connectivity index (χ3v) is 10.5. The van der Waals surface area contributed by atoms with E-state index in [1.807, 2.05) is 7.05 Å². The second-order valence-electron chi connectivity index (χ2n) is 8.94. The lowest BCUT2D eigenvalue weighted by Crippen LogP contribution is -2.47. The van der Waals surface area contributed by atoms with Crippen LogP contribution in [0.25, 0.3) is 0 Å². The molecule has 1 amide bonds. The van der Waals surface area contributed by atoms with Gasteiger partial charge in [-0.2, -0.15) is 8.61 Å². The van der Waals surface area contributed by atoms with E-state index in [0.29, 0.717) is 58.2 Å². The summed E-state index contributed by atoms with van der Waals surface area (Å²) in [5.41, 5.74) is 0.0551. The Kier molecular flexibility index (Phi) is 9.29. The molecule has 0 spiro atoms. The first-order valence-corrected chi connectivity index (χ1v) is 15.4. The Labute approximate surface area is 228 Å². The summed E-state index contributed by atoms with van der Waals surface area (Å²) in [6, 6.07) is 10.2. The Morgan fingerprint density at radius 2 is 1.47 bits per heavy atom. The van der Waals surface area contributed by atoms with Gasteiger partial charge in [0.15, 0.2) is 0 Å². The standard InChI is InChI=1S/C24H31ClN4O7S2/c1-27-9-11-28(12-10-27)38(33,34)21-6-7-23(25)22(18-21)24(30)26-8-15-36-19-2-4-20(5-3-19)37(31,32)29-13-16-35-17-14-29/h2-7,18H,8-17H2,1H3,(H,26,30). The molecule has 0 aromatic heterocycles. The van der Waals surface area contributed by atoms with Crippen LogP contribution in [0.1, 0.15) is 10.4 Å². The van der Waals surface area contributed by atoms with Crippen LogP contribution in [0.2, 0.25) is 5.02 Å². The summed E-state index contributed by atoms with van der Waals surface area (Å²) in [7, 11) is -5.41. The lowest BCUT2D eigenvalue weighted by molar-refractivity contribution is 0.0730.